The second-order valence-corrected chi connectivity index (χ2v) is 2.46. The summed E-state index contributed by atoms with van der Waals surface area (Å²) in [5, 5.41) is 8.70. The molecule has 0 radical (unpaired) electrons. The van der Waals surface area contributed by atoms with Crippen molar-refractivity contribution in [1.82, 2.24) is 0 Å². The Morgan fingerprint density at radius 3 is 2.31 bits per heavy atom. The Bertz CT molecular complexity index is 349. The van der Waals surface area contributed by atoms with Crippen molar-refractivity contribution in [2.45, 2.75) is 0 Å². The van der Waals surface area contributed by atoms with Gasteiger partial charge in [-0.2, -0.15) is 0 Å². The van der Waals surface area contributed by atoms with Gasteiger partial charge < -0.3 is 5.11 Å². The fourth-order valence-corrected chi connectivity index (χ4v) is 1.02. The second-order valence-electron chi connectivity index (χ2n) is 2.46. The molecule has 1 aliphatic carbocycles. The summed E-state index contributed by atoms with van der Waals surface area (Å²) in [6, 6.07) is 0. The fourth-order valence-electron chi connectivity index (χ4n) is 1.02. The first-order chi connectivity index (χ1) is 6.19. The predicted octanol–water partition coefficient (Wildman–Crippen LogP) is 0.709. The maximum Gasteiger partial charge on any atom is 0.335 e. The van der Waals surface area contributed by atoms with Crippen molar-refractivity contribution in [3.05, 3.63) is 23.8 Å². The zero-order chi connectivity index (χ0) is 9.84. The molecule has 0 aromatic rings. The molecule has 0 fully saturated rings. The van der Waals surface area contributed by atoms with E-state index in [0.29, 0.717) is 11.4 Å². The average Bonchev–Trinajstić information content (AvgIpc) is 2.16. The second kappa shape index (κ2) is 3.80. The Hall–Kier alpha value is -1.71. The van der Waals surface area contributed by atoms with Crippen LogP contribution < -0.4 is 0 Å². The standard InChI is InChI=1S/C9H10N2O2/c1-10-7-4-3-6(9(12)13)5-8(7)11-2/h3-5H,1-2H3,(H,12,13). The summed E-state index contributed by atoms with van der Waals surface area (Å²) in [7, 11) is 3.25. The Kier molecular flexibility index (Phi) is 2.74. The SMILES string of the molecule is CN=C1C=CC(C(=O)O)=CC1=NC. The first-order valence-electron chi connectivity index (χ1n) is 3.76. The van der Waals surface area contributed by atoms with Crippen LogP contribution in [0.1, 0.15) is 0 Å². The van der Waals surface area contributed by atoms with E-state index >= 15 is 0 Å². The van der Waals surface area contributed by atoms with E-state index in [0.717, 1.165) is 0 Å². The number of aliphatic imine (C=N–C) groups is 2. The van der Waals surface area contributed by atoms with Crippen molar-refractivity contribution in [3.63, 3.8) is 0 Å². The smallest absolute Gasteiger partial charge is 0.335 e. The van der Waals surface area contributed by atoms with Crippen LogP contribution in [-0.2, 0) is 4.79 Å². The van der Waals surface area contributed by atoms with Crippen LogP contribution in [0, 0.1) is 0 Å². The molecule has 0 aromatic heterocycles. The van der Waals surface area contributed by atoms with E-state index in [1.165, 1.54) is 12.2 Å². The number of carboxylic acid groups (broad SMARTS) is 1. The number of hydrogen-bond donors (Lipinski definition) is 1. The van der Waals surface area contributed by atoms with Gasteiger partial charge in [-0.05, 0) is 18.2 Å². The Balaban J connectivity index is 3.08. The van der Waals surface area contributed by atoms with Crippen LogP contribution in [0.4, 0.5) is 0 Å². The molecule has 0 saturated heterocycles. The summed E-state index contributed by atoms with van der Waals surface area (Å²) in [6.45, 7) is 0. The lowest BCUT2D eigenvalue weighted by Crippen LogP contribution is -2.15. The molecule has 4 nitrogen and oxygen atoms in total. The molecule has 0 saturated carbocycles. The minimum absolute atomic E-state index is 0.230. The van der Waals surface area contributed by atoms with Gasteiger partial charge in [0.2, 0.25) is 0 Å². The largest absolute Gasteiger partial charge is 0.478 e. The topological polar surface area (TPSA) is 62.0 Å². The van der Waals surface area contributed by atoms with Gasteiger partial charge in [0.15, 0.2) is 0 Å². The summed E-state index contributed by atoms with van der Waals surface area (Å²) in [5.74, 6) is -0.951. The Morgan fingerprint density at radius 1 is 1.23 bits per heavy atom. The van der Waals surface area contributed by atoms with Gasteiger partial charge in [-0.25, -0.2) is 4.79 Å². The molecule has 1 rings (SSSR count). The van der Waals surface area contributed by atoms with Gasteiger partial charge in [0.1, 0.15) is 0 Å². The number of allylic oxidation sites excluding steroid dienone is 2. The minimum atomic E-state index is -0.951. The van der Waals surface area contributed by atoms with Crippen molar-refractivity contribution >= 4 is 17.4 Å². The molecule has 0 atom stereocenters. The van der Waals surface area contributed by atoms with Crippen LogP contribution >= 0.6 is 0 Å². The van der Waals surface area contributed by atoms with Crippen LogP contribution in [0.25, 0.3) is 0 Å². The van der Waals surface area contributed by atoms with Crippen molar-refractivity contribution in [2.24, 2.45) is 9.98 Å². The summed E-state index contributed by atoms with van der Waals surface area (Å²) in [6.07, 6.45) is 4.66. The van der Waals surface area contributed by atoms with Gasteiger partial charge in [0.05, 0.1) is 17.0 Å². The zero-order valence-corrected chi connectivity index (χ0v) is 7.48. The number of aliphatic carboxylic acids is 1. The summed E-state index contributed by atoms with van der Waals surface area (Å²) in [4.78, 5) is 18.5. The molecular weight excluding hydrogens is 168 g/mol. The molecule has 0 aromatic carbocycles. The van der Waals surface area contributed by atoms with Crippen molar-refractivity contribution < 1.29 is 9.90 Å². The highest BCUT2D eigenvalue weighted by Crippen LogP contribution is 2.06. The molecular formula is C9H10N2O2. The van der Waals surface area contributed by atoms with Crippen LogP contribution in [0.15, 0.2) is 33.8 Å². The maximum absolute atomic E-state index is 10.6. The highest BCUT2D eigenvalue weighted by molar-refractivity contribution is 6.51. The van der Waals surface area contributed by atoms with Crippen LogP contribution in [0.2, 0.25) is 0 Å². The minimum Gasteiger partial charge on any atom is -0.478 e. The molecule has 68 valence electrons. The lowest BCUT2D eigenvalue weighted by atomic mass is 10.0. The highest BCUT2D eigenvalue weighted by atomic mass is 16.4. The average molecular weight is 178 g/mol. The van der Waals surface area contributed by atoms with E-state index in [1.54, 1.807) is 20.2 Å². The molecule has 0 aliphatic heterocycles. The molecule has 0 amide bonds. The summed E-state index contributed by atoms with van der Waals surface area (Å²) >= 11 is 0. The molecule has 0 spiro atoms. The highest BCUT2D eigenvalue weighted by Gasteiger charge is 2.12. The third kappa shape index (κ3) is 1.90. The number of carbonyl (C=O) groups is 1. The van der Waals surface area contributed by atoms with E-state index in [4.69, 9.17) is 5.11 Å². The van der Waals surface area contributed by atoms with E-state index in [-0.39, 0.29) is 5.57 Å². The van der Waals surface area contributed by atoms with Crippen LogP contribution in [-0.4, -0.2) is 36.6 Å². The van der Waals surface area contributed by atoms with Gasteiger partial charge in [-0.1, -0.05) is 0 Å². The van der Waals surface area contributed by atoms with E-state index in [2.05, 4.69) is 9.98 Å². The molecule has 0 heterocycles. The summed E-state index contributed by atoms with van der Waals surface area (Å²) in [5.41, 5.74) is 1.53. The summed E-state index contributed by atoms with van der Waals surface area (Å²) < 4.78 is 0. The third-order valence-corrected chi connectivity index (χ3v) is 1.70. The van der Waals surface area contributed by atoms with E-state index in [1.807, 2.05) is 0 Å². The van der Waals surface area contributed by atoms with Gasteiger partial charge in [-0.3, -0.25) is 9.98 Å². The molecule has 1 N–H and O–H groups in total. The molecule has 0 bridgehead atoms. The zero-order valence-electron chi connectivity index (χ0n) is 7.48. The number of rotatable bonds is 1. The van der Waals surface area contributed by atoms with Crippen LogP contribution in [0.3, 0.4) is 0 Å². The fraction of sp³-hybridized carbons (Fsp3) is 0.222. The Morgan fingerprint density at radius 2 is 1.85 bits per heavy atom. The number of carboxylic acids is 1. The lowest BCUT2D eigenvalue weighted by Gasteiger charge is -2.06. The monoisotopic (exact) mass is 178 g/mol. The number of hydrogen-bond acceptors (Lipinski definition) is 3. The maximum atomic E-state index is 10.6. The molecule has 1 aliphatic rings. The van der Waals surface area contributed by atoms with Gasteiger partial charge in [0.25, 0.3) is 0 Å². The molecule has 4 heteroatoms. The molecule has 13 heavy (non-hydrogen) atoms. The van der Waals surface area contributed by atoms with E-state index < -0.39 is 5.97 Å². The van der Waals surface area contributed by atoms with Crippen LogP contribution in [0.5, 0.6) is 0 Å². The predicted molar refractivity (Wildman–Crippen MR) is 51.6 cm³/mol. The quantitative estimate of drug-likeness (QED) is 0.601. The van der Waals surface area contributed by atoms with Crippen molar-refractivity contribution in [3.8, 4) is 0 Å². The van der Waals surface area contributed by atoms with Crippen molar-refractivity contribution in [1.29, 1.82) is 0 Å². The first kappa shape index (κ1) is 9.38. The lowest BCUT2D eigenvalue weighted by molar-refractivity contribution is -0.132. The third-order valence-electron chi connectivity index (χ3n) is 1.70. The van der Waals surface area contributed by atoms with Gasteiger partial charge in [-0.15, -0.1) is 0 Å². The Labute approximate surface area is 76.0 Å². The van der Waals surface area contributed by atoms with Gasteiger partial charge >= 0.3 is 5.97 Å². The number of nitrogens with zero attached hydrogens (tertiary/aromatic N) is 2. The van der Waals surface area contributed by atoms with E-state index in [9.17, 15) is 4.79 Å². The van der Waals surface area contributed by atoms with Crippen molar-refractivity contribution in [2.75, 3.05) is 14.1 Å². The first-order valence-corrected chi connectivity index (χ1v) is 3.76. The van der Waals surface area contributed by atoms with Gasteiger partial charge in [0, 0.05) is 14.1 Å². The normalized spacial score (nSPS) is 22.2. The molecule has 0 unspecified atom stereocenters.